The number of rotatable bonds is 5. The third kappa shape index (κ3) is 4.66. The summed E-state index contributed by atoms with van der Waals surface area (Å²) >= 11 is 1.20. The van der Waals surface area contributed by atoms with Crippen LogP contribution in [0.25, 0.3) is 11.3 Å². The molecule has 0 atom stereocenters. The van der Waals surface area contributed by atoms with E-state index in [0.717, 1.165) is 22.6 Å². The van der Waals surface area contributed by atoms with E-state index in [4.69, 9.17) is 4.52 Å². The Morgan fingerprint density at radius 3 is 2.65 bits per heavy atom. The van der Waals surface area contributed by atoms with E-state index >= 15 is 0 Å². The molecular weight excluding hydrogens is 427 g/mol. The Morgan fingerprint density at radius 2 is 1.90 bits per heavy atom. The zero-order valence-corrected chi connectivity index (χ0v) is 17.1. The molecule has 0 saturated carbocycles. The van der Waals surface area contributed by atoms with E-state index in [1.165, 1.54) is 17.4 Å². The van der Waals surface area contributed by atoms with Crippen molar-refractivity contribution < 1.29 is 22.5 Å². The summed E-state index contributed by atoms with van der Waals surface area (Å²) in [5.41, 5.74) is 1.29. The quantitative estimate of drug-likeness (QED) is 0.413. The fourth-order valence-electron chi connectivity index (χ4n) is 3.10. The second-order valence-corrected chi connectivity index (χ2v) is 7.90. The van der Waals surface area contributed by atoms with Gasteiger partial charge in [-0.3, -0.25) is 10.1 Å². The number of carbonyl (C=O) groups excluding carboxylic acids is 1. The zero-order valence-electron chi connectivity index (χ0n) is 16.2. The van der Waals surface area contributed by atoms with Crippen molar-refractivity contribution in [2.75, 3.05) is 5.32 Å². The number of thiazole rings is 1. The first kappa shape index (κ1) is 20.8. The summed E-state index contributed by atoms with van der Waals surface area (Å²) in [5.74, 6) is -0.0466. The molecule has 0 bridgehead atoms. The number of anilines is 1. The molecule has 0 aliphatic heterocycles. The number of hydrogen-bond donors (Lipinski definition) is 1. The normalized spacial score (nSPS) is 11.5. The number of halogens is 3. The number of benzene rings is 2. The molecule has 1 amide bonds. The molecular formula is C22H16F3N3O2S. The van der Waals surface area contributed by atoms with Gasteiger partial charge in [-0.1, -0.05) is 53.7 Å². The highest BCUT2D eigenvalue weighted by atomic mass is 32.1. The molecule has 5 nitrogen and oxygen atoms in total. The highest BCUT2D eigenvalue weighted by Crippen LogP contribution is 2.31. The predicted octanol–water partition coefficient (Wildman–Crippen LogP) is 5.97. The predicted molar refractivity (Wildman–Crippen MR) is 111 cm³/mol. The summed E-state index contributed by atoms with van der Waals surface area (Å²) in [6.45, 7) is 1.65. The van der Waals surface area contributed by atoms with E-state index < -0.39 is 17.6 Å². The number of aromatic nitrogens is 2. The van der Waals surface area contributed by atoms with Crippen LogP contribution in [-0.2, 0) is 12.6 Å². The van der Waals surface area contributed by atoms with Gasteiger partial charge in [-0.2, -0.15) is 13.2 Å². The van der Waals surface area contributed by atoms with E-state index in [1.807, 2.05) is 30.3 Å². The Hall–Kier alpha value is -3.46. The summed E-state index contributed by atoms with van der Waals surface area (Å²) in [4.78, 5) is 17.7. The Balaban J connectivity index is 1.50. The van der Waals surface area contributed by atoms with Gasteiger partial charge in [0.05, 0.1) is 5.56 Å². The van der Waals surface area contributed by atoms with Gasteiger partial charge in [-0.05, 0) is 18.6 Å². The maximum atomic E-state index is 12.9. The lowest BCUT2D eigenvalue weighted by Gasteiger charge is -2.07. The first-order chi connectivity index (χ1) is 14.8. The van der Waals surface area contributed by atoms with Crippen molar-refractivity contribution >= 4 is 22.4 Å². The molecule has 0 radical (unpaired) electrons. The van der Waals surface area contributed by atoms with Gasteiger partial charge >= 0.3 is 6.18 Å². The van der Waals surface area contributed by atoms with Gasteiger partial charge in [0.1, 0.15) is 17.0 Å². The van der Waals surface area contributed by atoms with Gasteiger partial charge in [-0.25, -0.2) is 4.98 Å². The van der Waals surface area contributed by atoms with Crippen LogP contribution in [0.5, 0.6) is 0 Å². The SMILES string of the molecule is Cc1onc(-c2ccccc2)c1C(=O)Nc1ncc(Cc2cccc(C(F)(F)F)c2)s1. The van der Waals surface area contributed by atoms with Crippen LogP contribution in [0.4, 0.5) is 18.3 Å². The molecule has 1 N–H and O–H groups in total. The number of aryl methyl sites for hydroxylation is 1. The largest absolute Gasteiger partial charge is 0.416 e. The van der Waals surface area contributed by atoms with Crippen LogP contribution in [0.15, 0.2) is 65.3 Å². The highest BCUT2D eigenvalue weighted by Gasteiger charge is 2.30. The van der Waals surface area contributed by atoms with E-state index in [-0.39, 0.29) is 6.42 Å². The number of hydrogen-bond acceptors (Lipinski definition) is 5. The smallest absolute Gasteiger partial charge is 0.360 e. The molecule has 0 saturated heterocycles. The van der Waals surface area contributed by atoms with E-state index in [2.05, 4.69) is 15.5 Å². The summed E-state index contributed by atoms with van der Waals surface area (Å²) < 4.78 is 43.9. The Bertz CT molecular complexity index is 1220. The van der Waals surface area contributed by atoms with Crippen molar-refractivity contribution in [3.05, 3.63) is 88.1 Å². The third-order valence-electron chi connectivity index (χ3n) is 4.54. The van der Waals surface area contributed by atoms with Crippen LogP contribution in [0, 0.1) is 6.92 Å². The molecule has 0 spiro atoms. The molecule has 158 valence electrons. The standard InChI is InChI=1S/C22H16F3N3O2S/c1-13-18(19(28-30-13)15-7-3-2-4-8-15)20(29)27-21-26-12-17(31-21)11-14-6-5-9-16(10-14)22(23,24)25/h2-10,12H,11H2,1H3,(H,26,27,29). The summed E-state index contributed by atoms with van der Waals surface area (Å²) in [6.07, 6.45) is -2.58. The molecule has 0 fully saturated rings. The minimum absolute atomic E-state index is 0.277. The van der Waals surface area contributed by atoms with E-state index in [0.29, 0.717) is 27.7 Å². The Morgan fingerprint density at radius 1 is 1.13 bits per heavy atom. The minimum Gasteiger partial charge on any atom is -0.360 e. The Kier molecular flexibility index (Phi) is 5.60. The minimum atomic E-state index is -4.39. The van der Waals surface area contributed by atoms with Gasteiger partial charge in [-0.15, -0.1) is 11.3 Å². The summed E-state index contributed by atoms with van der Waals surface area (Å²) in [6, 6.07) is 14.3. The molecule has 2 aromatic carbocycles. The first-order valence-electron chi connectivity index (χ1n) is 9.25. The fraction of sp³-hybridized carbons (Fsp3) is 0.136. The van der Waals surface area contributed by atoms with Gasteiger partial charge in [0.25, 0.3) is 5.91 Å². The average Bonchev–Trinajstić information content (AvgIpc) is 3.34. The third-order valence-corrected chi connectivity index (χ3v) is 5.46. The Labute approximate surface area is 179 Å². The van der Waals surface area contributed by atoms with Crippen molar-refractivity contribution in [2.45, 2.75) is 19.5 Å². The molecule has 31 heavy (non-hydrogen) atoms. The van der Waals surface area contributed by atoms with Crippen LogP contribution in [0.1, 0.15) is 32.1 Å². The van der Waals surface area contributed by atoms with Gasteiger partial charge in [0.15, 0.2) is 5.13 Å². The molecule has 4 rings (SSSR count). The average molecular weight is 443 g/mol. The van der Waals surface area contributed by atoms with Crippen LogP contribution in [-0.4, -0.2) is 16.0 Å². The van der Waals surface area contributed by atoms with Gasteiger partial charge < -0.3 is 4.52 Å². The maximum Gasteiger partial charge on any atom is 0.416 e. The number of nitrogens with zero attached hydrogens (tertiary/aromatic N) is 2. The van der Waals surface area contributed by atoms with Crippen molar-refractivity contribution in [1.29, 1.82) is 0 Å². The number of carbonyl (C=O) groups is 1. The van der Waals surface area contributed by atoms with Gasteiger partial charge in [0.2, 0.25) is 0 Å². The molecule has 4 aromatic rings. The van der Waals surface area contributed by atoms with E-state index in [9.17, 15) is 18.0 Å². The number of nitrogens with one attached hydrogen (secondary N) is 1. The fourth-order valence-corrected chi connectivity index (χ4v) is 3.94. The lowest BCUT2D eigenvalue weighted by molar-refractivity contribution is -0.137. The maximum absolute atomic E-state index is 12.9. The second kappa shape index (κ2) is 8.35. The van der Waals surface area contributed by atoms with Crippen molar-refractivity contribution in [2.24, 2.45) is 0 Å². The van der Waals surface area contributed by atoms with Crippen LogP contribution in [0.3, 0.4) is 0 Å². The molecule has 2 heterocycles. The highest BCUT2D eigenvalue weighted by molar-refractivity contribution is 7.15. The number of amides is 1. The molecule has 2 aromatic heterocycles. The first-order valence-corrected chi connectivity index (χ1v) is 10.1. The van der Waals surface area contributed by atoms with E-state index in [1.54, 1.807) is 19.2 Å². The second-order valence-electron chi connectivity index (χ2n) is 6.79. The van der Waals surface area contributed by atoms with Crippen LogP contribution >= 0.6 is 11.3 Å². The molecule has 0 unspecified atom stereocenters. The lowest BCUT2D eigenvalue weighted by Crippen LogP contribution is -2.13. The molecule has 0 aliphatic rings. The molecule has 0 aliphatic carbocycles. The van der Waals surface area contributed by atoms with Crippen LogP contribution in [0.2, 0.25) is 0 Å². The van der Waals surface area contributed by atoms with Crippen molar-refractivity contribution in [3.63, 3.8) is 0 Å². The monoisotopic (exact) mass is 443 g/mol. The topological polar surface area (TPSA) is 68.0 Å². The van der Waals surface area contributed by atoms with Gasteiger partial charge in [0, 0.05) is 23.1 Å². The molecule has 9 heteroatoms. The van der Waals surface area contributed by atoms with Crippen molar-refractivity contribution in [1.82, 2.24) is 10.1 Å². The lowest BCUT2D eigenvalue weighted by atomic mass is 10.1. The summed E-state index contributed by atoms with van der Waals surface area (Å²) in [7, 11) is 0. The van der Waals surface area contributed by atoms with Crippen LogP contribution < -0.4 is 5.32 Å². The zero-order chi connectivity index (χ0) is 22.0. The summed E-state index contributed by atoms with van der Waals surface area (Å²) in [5, 5.41) is 7.06. The van der Waals surface area contributed by atoms with Crippen molar-refractivity contribution in [3.8, 4) is 11.3 Å². The number of alkyl halides is 3.